The standard InChI is InChI=1S/C17H18N2O6S.2Na/c1-17(2)11(16(24)25)19-13(21)10(14(19)26-17)18-12(20)9(15(22)23)8-6-4-3-5-7-8;;/h3-7,9-11,14H,1-2H3,(H,18,20)(H,22,23)(H,24,25);;/q;2*+1/p-2/t9?,10?,11?,14-;;/m0../s1. The smallest absolute Gasteiger partial charge is 0.549 e. The first-order chi connectivity index (χ1) is 12.1. The normalized spacial score (nSPS) is 25.3. The summed E-state index contributed by atoms with van der Waals surface area (Å²) in [5.74, 6) is -5.94. The van der Waals surface area contributed by atoms with E-state index in [4.69, 9.17) is 0 Å². The molecule has 28 heavy (non-hydrogen) atoms. The van der Waals surface area contributed by atoms with E-state index in [1.165, 1.54) is 28.8 Å². The number of carboxylic acid groups (broad SMARTS) is 2. The van der Waals surface area contributed by atoms with E-state index >= 15 is 0 Å². The van der Waals surface area contributed by atoms with Gasteiger partial charge in [-0.15, -0.1) is 11.8 Å². The Labute approximate surface area is 210 Å². The summed E-state index contributed by atoms with van der Waals surface area (Å²) in [5, 5.41) is 24.6. The maximum absolute atomic E-state index is 12.5. The predicted octanol–water partition coefficient (Wildman–Crippen LogP) is -8.17. The number of fused-ring (bicyclic) bond motifs is 1. The number of nitrogens with one attached hydrogen (secondary N) is 1. The number of rotatable bonds is 5. The monoisotopic (exact) mass is 422 g/mol. The SMILES string of the molecule is CC1(C)S[C@H]2C(NC(=O)C(C(=O)[O-])c3ccccc3)C(=O)N2C1C(=O)[O-].[Na+].[Na+]. The second-order valence-electron chi connectivity index (χ2n) is 6.73. The number of carbonyl (C=O) groups excluding carboxylic acids is 4. The molecule has 2 heterocycles. The average Bonchev–Trinajstić information content (AvgIpc) is 2.82. The largest absolute Gasteiger partial charge is 1.00 e. The molecule has 2 aliphatic rings. The van der Waals surface area contributed by atoms with Gasteiger partial charge in [0, 0.05) is 4.75 Å². The van der Waals surface area contributed by atoms with E-state index in [-0.39, 0.29) is 64.7 Å². The van der Waals surface area contributed by atoms with Crippen molar-refractivity contribution in [3.8, 4) is 0 Å². The zero-order chi connectivity index (χ0) is 19.2. The number of hydrogen-bond acceptors (Lipinski definition) is 7. The molecule has 2 saturated heterocycles. The van der Waals surface area contributed by atoms with Crippen LogP contribution in [-0.4, -0.2) is 50.9 Å². The number of thioether (sulfide) groups is 1. The van der Waals surface area contributed by atoms with Crippen molar-refractivity contribution >= 4 is 35.5 Å². The minimum atomic E-state index is -1.58. The van der Waals surface area contributed by atoms with Crippen molar-refractivity contribution in [2.75, 3.05) is 0 Å². The van der Waals surface area contributed by atoms with Crippen LogP contribution in [0.4, 0.5) is 0 Å². The van der Waals surface area contributed by atoms with E-state index < -0.39 is 51.9 Å². The van der Waals surface area contributed by atoms with E-state index in [9.17, 15) is 29.4 Å². The van der Waals surface area contributed by atoms with Gasteiger partial charge in [-0.25, -0.2) is 0 Å². The number of β-lactam (4-membered cyclic amide) rings is 1. The Morgan fingerprint density at radius 3 is 2.21 bits per heavy atom. The first-order valence-corrected chi connectivity index (χ1v) is 8.80. The van der Waals surface area contributed by atoms with Crippen LogP contribution in [-0.2, 0) is 19.2 Å². The molecule has 1 N–H and O–H groups in total. The molecule has 3 rings (SSSR count). The predicted molar refractivity (Wildman–Crippen MR) is 87.2 cm³/mol. The van der Waals surface area contributed by atoms with Crippen molar-refractivity contribution in [2.24, 2.45) is 0 Å². The summed E-state index contributed by atoms with van der Waals surface area (Å²) < 4.78 is -0.786. The van der Waals surface area contributed by atoms with Crippen molar-refractivity contribution in [3.63, 3.8) is 0 Å². The fourth-order valence-corrected chi connectivity index (χ4v) is 5.02. The van der Waals surface area contributed by atoms with Crippen LogP contribution >= 0.6 is 11.8 Å². The van der Waals surface area contributed by atoms with Crippen molar-refractivity contribution in [1.82, 2.24) is 10.2 Å². The van der Waals surface area contributed by atoms with Gasteiger partial charge in [0.1, 0.15) is 17.3 Å². The molecule has 2 fully saturated rings. The van der Waals surface area contributed by atoms with Crippen LogP contribution in [0.25, 0.3) is 0 Å². The van der Waals surface area contributed by atoms with Crippen molar-refractivity contribution in [2.45, 2.75) is 42.0 Å². The van der Waals surface area contributed by atoms with Gasteiger partial charge in [-0.2, -0.15) is 0 Å². The molecule has 11 heteroatoms. The molecule has 2 amide bonds. The topological polar surface area (TPSA) is 130 Å². The summed E-state index contributed by atoms with van der Waals surface area (Å²) in [5.41, 5.74) is 0.237. The Balaban J connectivity index is 0.00000196. The van der Waals surface area contributed by atoms with Gasteiger partial charge in [-0.05, 0) is 19.4 Å². The number of nitrogens with zero attached hydrogens (tertiary/aromatic N) is 1. The van der Waals surface area contributed by atoms with Crippen LogP contribution in [0.1, 0.15) is 25.3 Å². The zero-order valence-electron chi connectivity index (χ0n) is 16.0. The first-order valence-electron chi connectivity index (χ1n) is 7.92. The Hall–Kier alpha value is -0.550. The number of aliphatic carboxylic acids is 2. The molecule has 1 aromatic carbocycles. The fraction of sp³-hybridized carbons (Fsp3) is 0.412. The Kier molecular flexibility index (Phi) is 8.65. The van der Waals surface area contributed by atoms with Gasteiger partial charge in [-0.3, -0.25) is 9.59 Å². The van der Waals surface area contributed by atoms with Crippen LogP contribution in [0.5, 0.6) is 0 Å². The van der Waals surface area contributed by atoms with Crippen molar-refractivity contribution < 1.29 is 88.5 Å². The maximum atomic E-state index is 12.5. The van der Waals surface area contributed by atoms with Gasteiger partial charge in [0.05, 0.1) is 18.0 Å². The molecule has 0 aliphatic carbocycles. The van der Waals surface area contributed by atoms with Crippen LogP contribution < -0.4 is 74.6 Å². The number of carboxylic acids is 2. The summed E-state index contributed by atoms with van der Waals surface area (Å²) in [6, 6.07) is 5.73. The molecule has 8 nitrogen and oxygen atoms in total. The Morgan fingerprint density at radius 1 is 1.14 bits per heavy atom. The minimum absolute atomic E-state index is 0. The Bertz CT molecular complexity index is 791. The van der Waals surface area contributed by atoms with Gasteiger partial charge in [0.15, 0.2) is 0 Å². The third-order valence-electron chi connectivity index (χ3n) is 4.59. The third-order valence-corrected chi connectivity index (χ3v) is 6.16. The minimum Gasteiger partial charge on any atom is -0.549 e. The second kappa shape index (κ2) is 9.51. The molecule has 0 spiro atoms. The average molecular weight is 422 g/mol. The van der Waals surface area contributed by atoms with Crippen molar-refractivity contribution in [1.29, 1.82) is 0 Å². The van der Waals surface area contributed by atoms with Crippen molar-refractivity contribution in [3.05, 3.63) is 35.9 Å². The zero-order valence-corrected chi connectivity index (χ0v) is 20.8. The summed E-state index contributed by atoms with van der Waals surface area (Å²) in [7, 11) is 0. The van der Waals surface area contributed by atoms with Gasteiger partial charge in [0.25, 0.3) is 0 Å². The number of carbonyl (C=O) groups is 4. The number of amides is 2. The van der Waals surface area contributed by atoms with Gasteiger partial charge in [-0.1, -0.05) is 30.3 Å². The molecular weight excluding hydrogens is 406 g/mol. The third kappa shape index (κ3) is 4.45. The quantitative estimate of drug-likeness (QED) is 0.283. The molecule has 3 unspecified atom stereocenters. The summed E-state index contributed by atoms with van der Waals surface area (Å²) in [4.78, 5) is 48.8. The van der Waals surface area contributed by atoms with E-state index in [1.807, 2.05) is 0 Å². The molecule has 2 aliphatic heterocycles. The van der Waals surface area contributed by atoms with Crippen LogP contribution in [0.2, 0.25) is 0 Å². The van der Waals surface area contributed by atoms with E-state index in [0.717, 1.165) is 0 Å². The molecule has 1 aromatic rings. The summed E-state index contributed by atoms with van der Waals surface area (Å²) in [6.07, 6.45) is 0. The van der Waals surface area contributed by atoms with E-state index in [2.05, 4.69) is 5.32 Å². The number of hydrogen-bond donors (Lipinski definition) is 1. The number of benzene rings is 1. The van der Waals surface area contributed by atoms with Crippen LogP contribution in [0.3, 0.4) is 0 Å². The second-order valence-corrected chi connectivity index (χ2v) is 8.50. The first kappa shape index (κ1) is 25.5. The van der Waals surface area contributed by atoms with Crippen LogP contribution in [0, 0.1) is 0 Å². The Morgan fingerprint density at radius 2 is 1.71 bits per heavy atom. The van der Waals surface area contributed by atoms with Gasteiger partial charge < -0.3 is 30.0 Å². The van der Waals surface area contributed by atoms with Crippen LogP contribution in [0.15, 0.2) is 30.3 Å². The van der Waals surface area contributed by atoms with Gasteiger partial charge >= 0.3 is 59.1 Å². The molecule has 138 valence electrons. The van der Waals surface area contributed by atoms with E-state index in [1.54, 1.807) is 32.0 Å². The molecule has 4 atom stereocenters. The molecular formula is C17H16N2Na2O6S. The fourth-order valence-electron chi connectivity index (χ4n) is 3.40. The summed E-state index contributed by atoms with van der Waals surface area (Å²) in [6.45, 7) is 3.35. The molecule has 0 radical (unpaired) electrons. The molecule has 0 aromatic heterocycles. The summed E-state index contributed by atoms with van der Waals surface area (Å²) >= 11 is 1.23. The van der Waals surface area contributed by atoms with E-state index in [0.29, 0.717) is 0 Å². The maximum Gasteiger partial charge on any atom is 1.00 e. The van der Waals surface area contributed by atoms with Gasteiger partial charge in [0.2, 0.25) is 11.8 Å². The molecule has 0 saturated carbocycles. The molecule has 0 bridgehead atoms.